The molecule has 1 heterocycles. The molecule has 0 bridgehead atoms. The molecule has 6 nitrogen and oxygen atoms in total. The quantitative estimate of drug-likeness (QED) is 0.839. The first-order valence-corrected chi connectivity index (χ1v) is 8.54. The number of hydrogen-bond acceptors (Lipinski definition) is 4. The number of aryl methyl sites for hydroxylation is 2. The zero-order valence-electron chi connectivity index (χ0n) is 11.7. The van der Waals surface area contributed by atoms with Gasteiger partial charge in [-0.2, -0.15) is 5.10 Å². The normalized spacial score (nSPS) is 11.6. The summed E-state index contributed by atoms with van der Waals surface area (Å²) in [5.74, 6) is 0. The predicted molar refractivity (Wildman–Crippen MR) is 83.7 cm³/mol. The molecule has 21 heavy (non-hydrogen) atoms. The van der Waals surface area contributed by atoms with E-state index in [2.05, 4.69) is 25.8 Å². The number of hydrogen-bond donors (Lipinski definition) is 2. The van der Waals surface area contributed by atoms with Crippen molar-refractivity contribution in [3.8, 4) is 0 Å². The Morgan fingerprint density at radius 3 is 2.52 bits per heavy atom. The third-order valence-corrected chi connectivity index (χ3v) is 5.52. The summed E-state index contributed by atoms with van der Waals surface area (Å²) < 4.78 is 29.5. The van der Waals surface area contributed by atoms with E-state index in [4.69, 9.17) is 5.11 Å². The molecule has 0 fully saturated rings. The topological polar surface area (TPSA) is 84.2 Å². The highest BCUT2D eigenvalue weighted by atomic mass is 79.9. The fraction of sp³-hybridized carbons (Fsp3) is 0.308. The fourth-order valence-corrected chi connectivity index (χ4v) is 3.15. The van der Waals surface area contributed by atoms with Gasteiger partial charge in [0.25, 0.3) is 10.0 Å². The van der Waals surface area contributed by atoms with Crippen LogP contribution in [0.5, 0.6) is 0 Å². The molecule has 1 aromatic carbocycles. The van der Waals surface area contributed by atoms with Gasteiger partial charge in [0.15, 0.2) is 0 Å². The summed E-state index contributed by atoms with van der Waals surface area (Å²) >= 11 is 3.44. The van der Waals surface area contributed by atoms with Crippen molar-refractivity contribution in [2.75, 3.05) is 11.3 Å². The molecule has 2 aromatic rings. The summed E-state index contributed by atoms with van der Waals surface area (Å²) in [6, 6.07) is 3.51. The van der Waals surface area contributed by atoms with Gasteiger partial charge in [0.05, 0.1) is 19.3 Å². The summed E-state index contributed by atoms with van der Waals surface area (Å²) in [5, 5.41) is 12.7. The average molecular weight is 374 g/mol. The zero-order chi connectivity index (χ0) is 15.6. The van der Waals surface area contributed by atoms with Gasteiger partial charge < -0.3 is 5.11 Å². The first kappa shape index (κ1) is 16.0. The number of rotatable bonds is 5. The molecule has 1 aromatic heterocycles. The maximum atomic E-state index is 12.3. The predicted octanol–water partition coefficient (Wildman–Crippen LogP) is 2.06. The number of aliphatic hydroxyl groups excluding tert-OH is 1. The second-order valence-corrected chi connectivity index (χ2v) is 7.17. The van der Waals surface area contributed by atoms with E-state index in [0.29, 0.717) is 5.69 Å². The Kier molecular flexibility index (Phi) is 4.70. The number of aliphatic hydroxyl groups is 1. The minimum atomic E-state index is -3.69. The molecule has 0 atom stereocenters. The van der Waals surface area contributed by atoms with Gasteiger partial charge >= 0.3 is 0 Å². The second kappa shape index (κ2) is 6.17. The zero-order valence-corrected chi connectivity index (χ0v) is 14.1. The van der Waals surface area contributed by atoms with E-state index in [1.807, 2.05) is 13.8 Å². The molecule has 114 valence electrons. The Morgan fingerprint density at radius 1 is 1.33 bits per heavy atom. The smallest absolute Gasteiger partial charge is 0.265 e. The van der Waals surface area contributed by atoms with E-state index in [1.54, 1.807) is 12.1 Å². The Bertz CT molecular complexity index is 733. The largest absolute Gasteiger partial charge is 0.394 e. The Labute approximate surface area is 132 Å². The second-order valence-electron chi connectivity index (χ2n) is 4.69. The molecular formula is C13H16BrN3O3S. The SMILES string of the molecule is Cc1cc(NS(=O)(=O)c2cnn(CCO)c2)cc(C)c1Br. The van der Waals surface area contributed by atoms with Crippen LogP contribution in [0.3, 0.4) is 0 Å². The van der Waals surface area contributed by atoms with E-state index in [9.17, 15) is 8.42 Å². The van der Waals surface area contributed by atoms with Crippen LogP contribution in [-0.2, 0) is 16.6 Å². The van der Waals surface area contributed by atoms with E-state index in [1.165, 1.54) is 17.1 Å². The van der Waals surface area contributed by atoms with Crippen LogP contribution in [0.25, 0.3) is 0 Å². The summed E-state index contributed by atoms with van der Waals surface area (Å²) in [6.45, 7) is 3.95. The van der Waals surface area contributed by atoms with Crippen LogP contribution in [0, 0.1) is 13.8 Å². The highest BCUT2D eigenvalue weighted by molar-refractivity contribution is 9.10. The van der Waals surface area contributed by atoms with Crippen molar-refractivity contribution >= 4 is 31.6 Å². The first-order chi connectivity index (χ1) is 9.83. The Hall–Kier alpha value is -1.38. The fourth-order valence-electron chi connectivity index (χ4n) is 1.93. The van der Waals surface area contributed by atoms with Gasteiger partial charge in [-0.15, -0.1) is 0 Å². The van der Waals surface area contributed by atoms with Crippen molar-refractivity contribution in [3.63, 3.8) is 0 Å². The third-order valence-electron chi connectivity index (χ3n) is 2.94. The minimum absolute atomic E-state index is 0.0641. The van der Waals surface area contributed by atoms with Crippen LogP contribution >= 0.6 is 15.9 Å². The van der Waals surface area contributed by atoms with Gasteiger partial charge in [0.2, 0.25) is 0 Å². The molecule has 0 amide bonds. The molecule has 0 saturated carbocycles. The van der Waals surface area contributed by atoms with Gasteiger partial charge in [-0.25, -0.2) is 8.42 Å². The van der Waals surface area contributed by atoms with Crippen LogP contribution in [-0.4, -0.2) is 29.9 Å². The number of nitrogens with one attached hydrogen (secondary N) is 1. The monoisotopic (exact) mass is 373 g/mol. The van der Waals surface area contributed by atoms with Gasteiger partial charge in [-0.3, -0.25) is 9.40 Å². The number of sulfonamides is 1. The lowest BCUT2D eigenvalue weighted by Crippen LogP contribution is -2.13. The van der Waals surface area contributed by atoms with Gasteiger partial charge in [0.1, 0.15) is 4.90 Å². The van der Waals surface area contributed by atoms with E-state index in [0.717, 1.165) is 15.6 Å². The molecule has 0 radical (unpaired) electrons. The maximum Gasteiger partial charge on any atom is 0.265 e. The van der Waals surface area contributed by atoms with Gasteiger partial charge in [-0.05, 0) is 37.1 Å². The summed E-state index contributed by atoms with van der Waals surface area (Å²) in [7, 11) is -3.69. The average Bonchev–Trinajstić information content (AvgIpc) is 2.85. The van der Waals surface area contributed by atoms with Crippen molar-refractivity contribution in [2.24, 2.45) is 0 Å². The molecule has 0 unspecified atom stereocenters. The van der Waals surface area contributed by atoms with Crippen LogP contribution in [0.2, 0.25) is 0 Å². The molecule has 0 saturated heterocycles. The Morgan fingerprint density at radius 2 is 1.95 bits per heavy atom. The van der Waals surface area contributed by atoms with E-state index >= 15 is 0 Å². The van der Waals surface area contributed by atoms with Crippen LogP contribution in [0.1, 0.15) is 11.1 Å². The van der Waals surface area contributed by atoms with Crippen LogP contribution < -0.4 is 4.72 Å². The lowest BCUT2D eigenvalue weighted by molar-refractivity contribution is 0.269. The maximum absolute atomic E-state index is 12.3. The highest BCUT2D eigenvalue weighted by Gasteiger charge is 2.17. The lowest BCUT2D eigenvalue weighted by Gasteiger charge is -2.10. The van der Waals surface area contributed by atoms with E-state index < -0.39 is 10.0 Å². The molecule has 0 aliphatic heterocycles. The Balaban J connectivity index is 2.28. The third kappa shape index (κ3) is 3.63. The van der Waals surface area contributed by atoms with Crippen molar-refractivity contribution in [3.05, 3.63) is 40.1 Å². The number of benzene rings is 1. The van der Waals surface area contributed by atoms with E-state index in [-0.39, 0.29) is 18.0 Å². The molecule has 0 aliphatic rings. The van der Waals surface area contributed by atoms with Gasteiger partial charge in [0, 0.05) is 16.4 Å². The number of aromatic nitrogens is 2. The molecule has 2 N–H and O–H groups in total. The van der Waals surface area contributed by atoms with Crippen LogP contribution in [0.15, 0.2) is 33.9 Å². The standard InChI is InChI=1S/C13H16BrN3O3S/c1-9-5-11(6-10(2)13(9)14)16-21(19,20)12-7-15-17(8-12)3-4-18/h5-8,16,18H,3-4H2,1-2H3. The summed E-state index contributed by atoms with van der Waals surface area (Å²) in [6.07, 6.45) is 2.65. The van der Waals surface area contributed by atoms with Crippen molar-refractivity contribution < 1.29 is 13.5 Å². The molecule has 0 spiro atoms. The number of nitrogens with zero attached hydrogens (tertiary/aromatic N) is 2. The summed E-state index contributed by atoms with van der Waals surface area (Å²) in [5.41, 5.74) is 2.40. The van der Waals surface area contributed by atoms with Crippen molar-refractivity contribution in [1.29, 1.82) is 0 Å². The van der Waals surface area contributed by atoms with Gasteiger partial charge in [-0.1, -0.05) is 15.9 Å². The first-order valence-electron chi connectivity index (χ1n) is 6.26. The highest BCUT2D eigenvalue weighted by Crippen LogP contribution is 2.26. The molecule has 8 heteroatoms. The number of anilines is 1. The van der Waals surface area contributed by atoms with Crippen LogP contribution in [0.4, 0.5) is 5.69 Å². The molecule has 0 aliphatic carbocycles. The molecule has 2 rings (SSSR count). The molecular weight excluding hydrogens is 358 g/mol. The van der Waals surface area contributed by atoms with Crippen molar-refractivity contribution in [2.45, 2.75) is 25.3 Å². The minimum Gasteiger partial charge on any atom is -0.394 e. The number of halogens is 1. The lowest BCUT2D eigenvalue weighted by atomic mass is 10.1. The van der Waals surface area contributed by atoms with Crippen molar-refractivity contribution in [1.82, 2.24) is 9.78 Å². The summed E-state index contributed by atoms with van der Waals surface area (Å²) in [4.78, 5) is 0.0641.